The smallest absolute Gasteiger partial charge is 0.331 e. The van der Waals surface area contributed by atoms with Crippen LogP contribution >= 0.6 is 35.0 Å². The fraction of sp³-hybridized carbons (Fsp3) is 0.182. The number of esters is 1. The number of carbonyl (C=O) groups is 2. The molecule has 1 N–H and O–H groups in total. The van der Waals surface area contributed by atoms with Gasteiger partial charge in [0, 0.05) is 28.3 Å². The number of hydrogen-bond acceptors (Lipinski definition) is 8. The van der Waals surface area contributed by atoms with Gasteiger partial charge >= 0.3 is 5.97 Å². The fourth-order valence-corrected chi connectivity index (χ4v) is 3.72. The van der Waals surface area contributed by atoms with E-state index in [-0.39, 0.29) is 16.7 Å². The molecule has 33 heavy (non-hydrogen) atoms. The van der Waals surface area contributed by atoms with Gasteiger partial charge in [0.1, 0.15) is 6.61 Å². The average molecular weight is 508 g/mol. The van der Waals surface area contributed by atoms with Crippen LogP contribution in [0.3, 0.4) is 0 Å². The summed E-state index contributed by atoms with van der Waals surface area (Å²) in [6.45, 7) is 2.52. The van der Waals surface area contributed by atoms with E-state index in [2.05, 4.69) is 20.3 Å². The Labute approximate surface area is 204 Å². The third-order valence-electron chi connectivity index (χ3n) is 4.15. The van der Waals surface area contributed by atoms with Crippen LogP contribution in [0, 0.1) is 0 Å². The number of nitrogens with one attached hydrogen (secondary N) is 1. The van der Waals surface area contributed by atoms with Crippen LogP contribution in [0.1, 0.15) is 18.1 Å². The number of nitrogens with zero attached hydrogens (tertiary/aromatic N) is 2. The van der Waals surface area contributed by atoms with E-state index in [1.54, 1.807) is 18.2 Å². The summed E-state index contributed by atoms with van der Waals surface area (Å²) >= 11 is 13.5. The number of ether oxygens (including phenoxy) is 3. The first-order valence-electron chi connectivity index (χ1n) is 9.63. The number of hydrogen-bond donors (Lipinski definition) is 1. The van der Waals surface area contributed by atoms with Crippen LogP contribution in [0.25, 0.3) is 0 Å². The van der Waals surface area contributed by atoms with Crippen molar-refractivity contribution in [3.63, 3.8) is 0 Å². The number of carbonyl (C=O) groups excluding carboxylic acids is 2. The zero-order chi connectivity index (χ0) is 23.8. The molecule has 1 aliphatic rings. The molecule has 1 fully saturated rings. The van der Waals surface area contributed by atoms with Gasteiger partial charge in [-0.15, -0.1) is 5.10 Å². The summed E-state index contributed by atoms with van der Waals surface area (Å²) < 4.78 is 16.1. The van der Waals surface area contributed by atoms with Crippen molar-refractivity contribution in [1.82, 2.24) is 5.32 Å². The quantitative estimate of drug-likeness (QED) is 0.243. The Morgan fingerprint density at radius 1 is 1.15 bits per heavy atom. The Bertz CT molecular complexity index is 1150. The lowest BCUT2D eigenvalue weighted by Crippen LogP contribution is -2.19. The highest BCUT2D eigenvalue weighted by molar-refractivity contribution is 8.18. The van der Waals surface area contributed by atoms with Gasteiger partial charge in [0.05, 0.1) is 29.9 Å². The van der Waals surface area contributed by atoms with E-state index in [0.29, 0.717) is 33.7 Å². The predicted molar refractivity (Wildman–Crippen MR) is 129 cm³/mol. The van der Waals surface area contributed by atoms with Crippen molar-refractivity contribution in [3.8, 4) is 11.5 Å². The first kappa shape index (κ1) is 24.6. The van der Waals surface area contributed by atoms with Crippen LogP contribution in [0.2, 0.25) is 10.0 Å². The number of methoxy groups -OCH3 is 1. The van der Waals surface area contributed by atoms with Crippen molar-refractivity contribution in [2.75, 3.05) is 13.7 Å². The van der Waals surface area contributed by atoms with Gasteiger partial charge in [-0.05, 0) is 30.8 Å². The maximum absolute atomic E-state index is 11.9. The molecule has 0 atom stereocenters. The molecule has 0 spiro atoms. The van der Waals surface area contributed by atoms with Crippen LogP contribution in [0.5, 0.6) is 11.5 Å². The molecule has 3 rings (SSSR count). The van der Waals surface area contributed by atoms with Crippen molar-refractivity contribution in [3.05, 3.63) is 68.6 Å². The summed E-state index contributed by atoms with van der Waals surface area (Å²) in [5, 5.41) is 11.6. The summed E-state index contributed by atoms with van der Waals surface area (Å²) in [6.07, 6.45) is 2.50. The Balaban J connectivity index is 1.75. The highest BCUT2D eigenvalue weighted by Crippen LogP contribution is 2.34. The Morgan fingerprint density at radius 2 is 1.91 bits per heavy atom. The van der Waals surface area contributed by atoms with Crippen molar-refractivity contribution in [1.29, 1.82) is 0 Å². The van der Waals surface area contributed by atoms with E-state index in [1.165, 1.54) is 13.3 Å². The van der Waals surface area contributed by atoms with E-state index >= 15 is 0 Å². The molecule has 1 saturated heterocycles. The first-order valence-corrected chi connectivity index (χ1v) is 11.2. The van der Waals surface area contributed by atoms with Crippen molar-refractivity contribution in [2.24, 2.45) is 10.2 Å². The van der Waals surface area contributed by atoms with Gasteiger partial charge in [-0.25, -0.2) is 4.79 Å². The van der Waals surface area contributed by atoms with Gasteiger partial charge in [0.25, 0.3) is 5.91 Å². The van der Waals surface area contributed by atoms with Crippen molar-refractivity contribution >= 4 is 58.2 Å². The monoisotopic (exact) mass is 507 g/mol. The number of rotatable bonds is 8. The molecule has 1 amide bonds. The van der Waals surface area contributed by atoms with Crippen LogP contribution < -0.4 is 14.8 Å². The van der Waals surface area contributed by atoms with E-state index in [4.69, 9.17) is 32.7 Å². The van der Waals surface area contributed by atoms with Crippen LogP contribution in [-0.4, -0.2) is 37.0 Å². The second-order valence-electron chi connectivity index (χ2n) is 6.37. The largest absolute Gasteiger partial charge is 0.490 e. The molecule has 0 unspecified atom stereocenters. The molecular formula is C22H19Cl2N3O5S. The minimum atomic E-state index is -0.635. The highest BCUT2D eigenvalue weighted by Gasteiger charge is 2.25. The van der Waals surface area contributed by atoms with Gasteiger partial charge in [-0.3, -0.25) is 10.1 Å². The van der Waals surface area contributed by atoms with Gasteiger partial charge in [0.15, 0.2) is 16.7 Å². The molecule has 2 aromatic rings. The third-order valence-corrected chi connectivity index (χ3v) is 5.75. The lowest BCUT2D eigenvalue weighted by molar-refractivity contribution is -0.135. The number of amidine groups is 1. The number of halogens is 2. The number of thioether (sulfide) groups is 1. The van der Waals surface area contributed by atoms with E-state index in [0.717, 1.165) is 23.4 Å². The van der Waals surface area contributed by atoms with Gasteiger partial charge in [0.2, 0.25) is 0 Å². The van der Waals surface area contributed by atoms with E-state index < -0.39 is 11.9 Å². The van der Waals surface area contributed by atoms with Crippen molar-refractivity contribution in [2.45, 2.75) is 13.5 Å². The molecule has 1 aliphatic heterocycles. The maximum atomic E-state index is 11.9. The van der Waals surface area contributed by atoms with E-state index in [9.17, 15) is 9.59 Å². The normalized spacial score (nSPS) is 15.8. The molecule has 0 radical (unpaired) electrons. The first-order chi connectivity index (χ1) is 15.9. The molecule has 0 bridgehead atoms. The molecule has 172 valence electrons. The lowest BCUT2D eigenvalue weighted by atomic mass is 10.2. The van der Waals surface area contributed by atoms with Crippen LogP contribution in [0.15, 0.2) is 57.6 Å². The van der Waals surface area contributed by atoms with Crippen LogP contribution in [0.4, 0.5) is 0 Å². The Kier molecular flexibility index (Phi) is 8.76. The summed E-state index contributed by atoms with van der Waals surface area (Å²) in [6, 6.07) is 10.7. The number of amides is 1. The summed E-state index contributed by atoms with van der Waals surface area (Å²) in [7, 11) is 1.23. The molecular weight excluding hydrogens is 489 g/mol. The summed E-state index contributed by atoms with van der Waals surface area (Å²) in [5.74, 6) is -0.156. The third kappa shape index (κ3) is 6.74. The topological polar surface area (TPSA) is 98.6 Å². The Hall–Kier alpha value is -3.01. The molecule has 8 nitrogen and oxygen atoms in total. The molecule has 2 aromatic carbocycles. The zero-order valence-corrected chi connectivity index (χ0v) is 20.0. The number of benzene rings is 2. The molecule has 0 aromatic heterocycles. The van der Waals surface area contributed by atoms with Gasteiger partial charge in [-0.2, -0.15) is 5.10 Å². The molecule has 1 heterocycles. The zero-order valence-electron chi connectivity index (χ0n) is 17.6. The summed E-state index contributed by atoms with van der Waals surface area (Å²) in [4.78, 5) is 23.3. The second kappa shape index (κ2) is 11.7. The van der Waals surface area contributed by atoms with Crippen LogP contribution in [-0.2, 0) is 20.9 Å². The standard InChI is InChI=1S/C22H19Cl2N3O5S/c1-3-31-17-8-14(11-25-27-22-26-21(29)19(33-22)10-20(28)30-2)16(24)9-18(17)32-12-13-6-4-5-7-15(13)23/h4-11H,3,12H2,1-2H3,(H,26,27,29)/b19-10+,25-11?. The highest BCUT2D eigenvalue weighted by atomic mass is 35.5. The van der Waals surface area contributed by atoms with Crippen molar-refractivity contribution < 1.29 is 23.8 Å². The SMILES string of the molecule is CCOc1cc(C=N/N=C2/NC(=O)/C(=C\C(=O)OC)S2)c(Cl)cc1OCc1ccccc1Cl. The Morgan fingerprint density at radius 3 is 2.64 bits per heavy atom. The lowest BCUT2D eigenvalue weighted by Gasteiger charge is -2.14. The minimum absolute atomic E-state index is 0.160. The fourth-order valence-electron chi connectivity index (χ4n) is 2.59. The average Bonchev–Trinajstić information content (AvgIpc) is 3.14. The summed E-state index contributed by atoms with van der Waals surface area (Å²) in [5.41, 5.74) is 1.37. The second-order valence-corrected chi connectivity index (χ2v) is 8.22. The van der Waals surface area contributed by atoms with Gasteiger partial charge < -0.3 is 14.2 Å². The maximum Gasteiger partial charge on any atom is 0.331 e. The molecule has 0 aliphatic carbocycles. The van der Waals surface area contributed by atoms with E-state index in [1.807, 2.05) is 25.1 Å². The van der Waals surface area contributed by atoms with Gasteiger partial charge in [-0.1, -0.05) is 41.4 Å². The minimum Gasteiger partial charge on any atom is -0.490 e. The molecule has 11 heteroatoms. The molecule has 0 saturated carbocycles. The predicted octanol–water partition coefficient (Wildman–Crippen LogP) is 4.58.